The molecule has 240 valence electrons. The van der Waals surface area contributed by atoms with Gasteiger partial charge >= 0.3 is 0 Å². The number of amides is 2. The number of nitrogens with zero attached hydrogens (tertiary/aromatic N) is 2. The fraction of sp³-hybridized carbons (Fsp3) is 0.323. The molecule has 0 spiro atoms. The average Bonchev–Trinajstić information content (AvgIpc) is 3.01. The number of carbonyl (C=O) groups excluding carboxylic acids is 2. The van der Waals surface area contributed by atoms with Gasteiger partial charge in [-0.05, 0) is 68.3 Å². The summed E-state index contributed by atoms with van der Waals surface area (Å²) in [5.74, 6) is -0.129. The van der Waals surface area contributed by atoms with E-state index in [0.29, 0.717) is 30.3 Å². The summed E-state index contributed by atoms with van der Waals surface area (Å²) in [5.41, 5.74) is 4.64. The summed E-state index contributed by atoms with van der Waals surface area (Å²) in [6, 6.07) is 13.2. The van der Waals surface area contributed by atoms with E-state index >= 15 is 0 Å². The fourth-order valence-corrected chi connectivity index (χ4v) is 6.58. The highest BCUT2D eigenvalue weighted by atomic mass is 35.5. The van der Waals surface area contributed by atoms with Crippen LogP contribution in [0, 0.1) is 20.8 Å². The van der Waals surface area contributed by atoms with Gasteiger partial charge in [0.2, 0.25) is 10.0 Å². The Balaban J connectivity index is 1.29. The molecule has 2 N–H and O–H groups in total. The molecule has 3 aromatic rings. The van der Waals surface area contributed by atoms with Gasteiger partial charge in [-0.3, -0.25) is 9.59 Å². The predicted molar refractivity (Wildman–Crippen MR) is 171 cm³/mol. The van der Waals surface area contributed by atoms with E-state index in [2.05, 4.69) is 15.8 Å². The number of anilines is 2. The Hall–Kier alpha value is -4.17. The highest BCUT2D eigenvalue weighted by molar-refractivity contribution is 7.89. The van der Waals surface area contributed by atoms with Gasteiger partial charge in [0.15, 0.2) is 24.7 Å². The number of nitrogens with one attached hydrogen (secondary N) is 2. The van der Waals surface area contributed by atoms with Crippen molar-refractivity contribution in [3.05, 3.63) is 75.8 Å². The number of rotatable bonds is 12. The van der Waals surface area contributed by atoms with E-state index in [9.17, 15) is 18.0 Å². The van der Waals surface area contributed by atoms with E-state index in [0.717, 1.165) is 22.4 Å². The number of hydrogen-bond donors (Lipinski definition) is 2. The van der Waals surface area contributed by atoms with Gasteiger partial charge in [0.1, 0.15) is 4.90 Å². The van der Waals surface area contributed by atoms with Gasteiger partial charge < -0.3 is 29.7 Å². The number of aryl methyl sites for hydroxylation is 3. The second kappa shape index (κ2) is 15.2. The molecule has 1 aliphatic rings. The number of halogens is 1. The number of oxime groups is 1. The minimum absolute atomic E-state index is 0.0443. The SMILES string of the molecule is COc1cc(C=NOCC(=O)Nc2ccc(Cl)c(S(=O)(=O)N3CCOCC3)c2)ccc1OCC(=O)Nc1c(C)cc(C)cc1C. The first-order valence-corrected chi connectivity index (χ1v) is 15.8. The highest BCUT2D eigenvalue weighted by Crippen LogP contribution is 2.29. The molecule has 0 saturated carbocycles. The zero-order chi connectivity index (χ0) is 32.6. The van der Waals surface area contributed by atoms with Crippen molar-refractivity contribution in [1.29, 1.82) is 0 Å². The molecule has 4 rings (SSSR count). The monoisotopic (exact) mass is 658 g/mol. The highest BCUT2D eigenvalue weighted by Gasteiger charge is 2.28. The Morgan fingerprint density at radius 3 is 2.33 bits per heavy atom. The molecule has 0 aromatic heterocycles. The molecule has 0 aliphatic carbocycles. The van der Waals surface area contributed by atoms with Crippen molar-refractivity contribution >= 4 is 51.0 Å². The minimum atomic E-state index is -3.86. The van der Waals surface area contributed by atoms with Crippen molar-refractivity contribution in [1.82, 2.24) is 4.31 Å². The molecule has 45 heavy (non-hydrogen) atoms. The summed E-state index contributed by atoms with van der Waals surface area (Å²) >= 11 is 6.18. The van der Waals surface area contributed by atoms with E-state index in [1.54, 1.807) is 18.2 Å². The Morgan fingerprint density at radius 1 is 0.956 bits per heavy atom. The fourth-order valence-electron chi connectivity index (χ4n) is 4.68. The van der Waals surface area contributed by atoms with Crippen LogP contribution < -0.4 is 20.1 Å². The summed E-state index contributed by atoms with van der Waals surface area (Å²) in [4.78, 5) is 30.0. The molecule has 0 bridgehead atoms. The van der Waals surface area contributed by atoms with Gasteiger partial charge in [0.25, 0.3) is 11.8 Å². The standard InChI is InChI=1S/C31H35ClN4O8S/c1-20-13-21(2)31(22(3)14-20)35-29(37)18-43-26-8-5-23(15-27(26)41-4)17-33-44-19-30(38)34-24-6-7-25(32)28(16-24)45(39,40)36-9-11-42-12-10-36/h5-8,13-17H,9-12,18-19H2,1-4H3,(H,34,38)(H,35,37). The average molecular weight is 659 g/mol. The van der Waals surface area contributed by atoms with Gasteiger partial charge in [-0.2, -0.15) is 4.31 Å². The topological polar surface area (TPSA) is 145 Å². The van der Waals surface area contributed by atoms with Crippen LogP contribution in [0.2, 0.25) is 5.02 Å². The third-order valence-corrected chi connectivity index (χ3v) is 9.14. The van der Waals surface area contributed by atoms with Crippen molar-refractivity contribution in [2.75, 3.05) is 57.3 Å². The molecule has 12 nitrogen and oxygen atoms in total. The summed E-state index contributed by atoms with van der Waals surface area (Å²) < 4.78 is 43.6. The maximum absolute atomic E-state index is 13.0. The molecule has 0 atom stereocenters. The number of hydrogen-bond acceptors (Lipinski definition) is 9. The second-order valence-corrected chi connectivity index (χ2v) is 12.6. The number of benzene rings is 3. The van der Waals surface area contributed by atoms with E-state index in [-0.39, 0.29) is 41.2 Å². The minimum Gasteiger partial charge on any atom is -0.493 e. The first kappa shape index (κ1) is 33.7. The lowest BCUT2D eigenvalue weighted by Crippen LogP contribution is -2.40. The number of morpholine rings is 1. The Bertz CT molecular complexity index is 1670. The molecule has 0 radical (unpaired) electrons. The van der Waals surface area contributed by atoms with Crippen LogP contribution in [-0.4, -0.2) is 77.4 Å². The number of carbonyl (C=O) groups is 2. The van der Waals surface area contributed by atoms with Crippen molar-refractivity contribution in [3.8, 4) is 11.5 Å². The van der Waals surface area contributed by atoms with Gasteiger partial charge in [-0.25, -0.2) is 8.42 Å². The van der Waals surface area contributed by atoms with Crippen LogP contribution in [0.25, 0.3) is 0 Å². The van der Waals surface area contributed by atoms with E-state index in [1.165, 1.54) is 35.8 Å². The number of methoxy groups -OCH3 is 1. The summed E-state index contributed by atoms with van der Waals surface area (Å²) in [5, 5.41) is 9.34. The lowest BCUT2D eigenvalue weighted by atomic mass is 10.1. The summed E-state index contributed by atoms with van der Waals surface area (Å²) in [6.45, 7) is 6.25. The Kier molecular flexibility index (Phi) is 11.4. The van der Waals surface area contributed by atoms with Gasteiger partial charge in [0, 0.05) is 30.0 Å². The van der Waals surface area contributed by atoms with Crippen LogP contribution in [-0.2, 0) is 29.2 Å². The van der Waals surface area contributed by atoms with Gasteiger partial charge in [0.05, 0.1) is 31.6 Å². The molecule has 14 heteroatoms. The third-order valence-electron chi connectivity index (χ3n) is 6.76. The first-order valence-electron chi connectivity index (χ1n) is 14.0. The lowest BCUT2D eigenvalue weighted by Gasteiger charge is -2.26. The van der Waals surface area contributed by atoms with Crippen LogP contribution >= 0.6 is 11.6 Å². The molecule has 1 aliphatic heterocycles. The van der Waals surface area contributed by atoms with Gasteiger partial charge in [-0.15, -0.1) is 0 Å². The molecular weight excluding hydrogens is 624 g/mol. The second-order valence-electron chi connectivity index (χ2n) is 10.2. The van der Waals surface area contributed by atoms with Crippen molar-refractivity contribution < 1.29 is 37.1 Å². The Morgan fingerprint density at radius 2 is 1.64 bits per heavy atom. The zero-order valence-electron chi connectivity index (χ0n) is 25.4. The van der Waals surface area contributed by atoms with Crippen molar-refractivity contribution in [3.63, 3.8) is 0 Å². The smallest absolute Gasteiger partial charge is 0.265 e. The molecule has 3 aromatic carbocycles. The largest absolute Gasteiger partial charge is 0.493 e. The van der Waals surface area contributed by atoms with Gasteiger partial charge in [-0.1, -0.05) is 34.5 Å². The van der Waals surface area contributed by atoms with Crippen LogP contribution in [0.4, 0.5) is 11.4 Å². The summed E-state index contributed by atoms with van der Waals surface area (Å²) in [6.07, 6.45) is 1.38. The molecule has 0 unspecified atom stereocenters. The van der Waals surface area contributed by atoms with Crippen molar-refractivity contribution in [2.45, 2.75) is 25.7 Å². The maximum Gasteiger partial charge on any atom is 0.265 e. The van der Waals surface area contributed by atoms with Crippen LogP contribution in [0.1, 0.15) is 22.3 Å². The van der Waals surface area contributed by atoms with E-state index in [1.807, 2.05) is 32.9 Å². The number of ether oxygens (including phenoxy) is 3. The lowest BCUT2D eigenvalue weighted by molar-refractivity contribution is -0.120. The molecule has 1 heterocycles. The predicted octanol–water partition coefficient (Wildman–Crippen LogP) is 4.30. The first-order chi connectivity index (χ1) is 21.5. The van der Waals surface area contributed by atoms with Crippen LogP contribution in [0.5, 0.6) is 11.5 Å². The van der Waals surface area contributed by atoms with Crippen LogP contribution in [0.15, 0.2) is 58.6 Å². The quantitative estimate of drug-likeness (QED) is 0.217. The molecule has 1 saturated heterocycles. The summed E-state index contributed by atoms with van der Waals surface area (Å²) in [7, 11) is -2.39. The molecule has 2 amide bonds. The molecule has 1 fully saturated rings. The maximum atomic E-state index is 13.0. The zero-order valence-corrected chi connectivity index (χ0v) is 27.0. The van der Waals surface area contributed by atoms with Crippen LogP contribution in [0.3, 0.4) is 0 Å². The normalized spacial score (nSPS) is 13.8. The molecular formula is C31H35ClN4O8S. The Labute approximate surface area is 267 Å². The van der Waals surface area contributed by atoms with E-state index < -0.39 is 22.5 Å². The number of sulfonamides is 1. The van der Waals surface area contributed by atoms with E-state index in [4.69, 9.17) is 30.6 Å². The van der Waals surface area contributed by atoms with Crippen molar-refractivity contribution in [2.24, 2.45) is 5.16 Å². The third kappa shape index (κ3) is 8.94.